The standard InChI is InChI=1S/C14H13FN2O3S/c1-7-6-9(4-5-10(7)15)12(18)17(3)13-11(14(19)20)8(2)16-21-13/h4-6H,1-3H3,(H,19,20). The molecule has 0 aliphatic rings. The number of carboxylic acid groups (broad SMARTS) is 1. The van der Waals surface area contributed by atoms with Gasteiger partial charge in [0.05, 0.1) is 5.69 Å². The van der Waals surface area contributed by atoms with Crippen molar-refractivity contribution in [3.8, 4) is 0 Å². The highest BCUT2D eigenvalue weighted by Gasteiger charge is 2.24. The molecule has 0 unspecified atom stereocenters. The fourth-order valence-electron chi connectivity index (χ4n) is 1.90. The van der Waals surface area contributed by atoms with Crippen LogP contribution < -0.4 is 4.90 Å². The summed E-state index contributed by atoms with van der Waals surface area (Å²) in [6.07, 6.45) is 0. The molecule has 0 radical (unpaired) electrons. The molecular weight excluding hydrogens is 295 g/mol. The van der Waals surface area contributed by atoms with Gasteiger partial charge in [-0.1, -0.05) is 0 Å². The number of carbonyl (C=O) groups excluding carboxylic acids is 1. The third-order valence-corrected chi connectivity index (χ3v) is 4.09. The Labute approximate surface area is 124 Å². The summed E-state index contributed by atoms with van der Waals surface area (Å²) >= 11 is 0.943. The second-order valence-corrected chi connectivity index (χ2v) is 5.33. The predicted molar refractivity (Wildman–Crippen MR) is 77.7 cm³/mol. The first-order chi connectivity index (χ1) is 9.82. The third-order valence-electron chi connectivity index (χ3n) is 3.07. The van der Waals surface area contributed by atoms with Gasteiger partial charge in [0.15, 0.2) is 0 Å². The Morgan fingerprint density at radius 3 is 2.57 bits per heavy atom. The van der Waals surface area contributed by atoms with E-state index in [0.717, 1.165) is 11.5 Å². The summed E-state index contributed by atoms with van der Waals surface area (Å²) < 4.78 is 17.2. The van der Waals surface area contributed by atoms with Crippen LogP contribution in [0.2, 0.25) is 0 Å². The molecule has 0 aliphatic carbocycles. The number of halogens is 1. The highest BCUT2D eigenvalue weighted by atomic mass is 32.1. The highest BCUT2D eigenvalue weighted by molar-refractivity contribution is 7.11. The first kappa shape index (κ1) is 15.1. The zero-order valence-corrected chi connectivity index (χ0v) is 12.5. The van der Waals surface area contributed by atoms with Crippen molar-refractivity contribution < 1.29 is 19.1 Å². The Morgan fingerprint density at radius 1 is 1.33 bits per heavy atom. The number of aromatic carboxylic acids is 1. The molecule has 21 heavy (non-hydrogen) atoms. The molecule has 0 saturated heterocycles. The van der Waals surface area contributed by atoms with Crippen LogP contribution in [0.5, 0.6) is 0 Å². The van der Waals surface area contributed by atoms with Crippen molar-refractivity contribution in [2.75, 3.05) is 11.9 Å². The number of carboxylic acids is 1. The van der Waals surface area contributed by atoms with Gasteiger partial charge < -0.3 is 10.0 Å². The second-order valence-electron chi connectivity index (χ2n) is 4.58. The molecule has 0 fully saturated rings. The Hall–Kier alpha value is -2.28. The largest absolute Gasteiger partial charge is 0.478 e. The topological polar surface area (TPSA) is 70.5 Å². The van der Waals surface area contributed by atoms with Crippen molar-refractivity contribution in [3.05, 3.63) is 46.4 Å². The van der Waals surface area contributed by atoms with E-state index in [4.69, 9.17) is 0 Å². The quantitative estimate of drug-likeness (QED) is 0.946. The van der Waals surface area contributed by atoms with Crippen LogP contribution in [0, 0.1) is 19.7 Å². The van der Waals surface area contributed by atoms with Crippen molar-refractivity contribution in [1.29, 1.82) is 0 Å². The molecule has 0 saturated carbocycles. The number of hydrogen-bond acceptors (Lipinski definition) is 4. The van der Waals surface area contributed by atoms with Crippen molar-refractivity contribution in [1.82, 2.24) is 4.37 Å². The fourth-order valence-corrected chi connectivity index (χ4v) is 2.74. The first-order valence-electron chi connectivity index (χ1n) is 6.06. The number of benzene rings is 1. The van der Waals surface area contributed by atoms with Crippen LogP contribution in [0.3, 0.4) is 0 Å². The summed E-state index contributed by atoms with van der Waals surface area (Å²) in [5.74, 6) is -1.94. The maximum absolute atomic E-state index is 13.2. The van der Waals surface area contributed by atoms with Crippen LogP contribution in [-0.2, 0) is 0 Å². The molecule has 0 aliphatic heterocycles. The van der Waals surface area contributed by atoms with Gasteiger partial charge in [-0.3, -0.25) is 4.79 Å². The molecule has 2 rings (SSSR count). The number of hydrogen-bond donors (Lipinski definition) is 1. The van der Waals surface area contributed by atoms with Gasteiger partial charge in [-0.25, -0.2) is 9.18 Å². The van der Waals surface area contributed by atoms with Crippen molar-refractivity contribution in [2.24, 2.45) is 0 Å². The molecule has 0 atom stereocenters. The van der Waals surface area contributed by atoms with Crippen molar-refractivity contribution in [2.45, 2.75) is 13.8 Å². The molecule has 0 bridgehead atoms. The molecule has 1 N–H and O–H groups in total. The first-order valence-corrected chi connectivity index (χ1v) is 6.84. The number of aryl methyl sites for hydroxylation is 2. The van der Waals surface area contributed by atoms with E-state index in [1.807, 2.05) is 0 Å². The summed E-state index contributed by atoms with van der Waals surface area (Å²) in [5.41, 5.74) is 1.01. The van der Waals surface area contributed by atoms with E-state index >= 15 is 0 Å². The van der Waals surface area contributed by atoms with E-state index in [1.54, 1.807) is 13.8 Å². The number of nitrogens with zero attached hydrogens (tertiary/aromatic N) is 2. The van der Waals surface area contributed by atoms with E-state index in [-0.39, 0.29) is 10.6 Å². The lowest BCUT2D eigenvalue weighted by molar-refractivity contribution is 0.0697. The van der Waals surface area contributed by atoms with E-state index in [0.29, 0.717) is 16.8 Å². The van der Waals surface area contributed by atoms with Gasteiger partial charge in [0.2, 0.25) is 0 Å². The number of anilines is 1. The highest BCUT2D eigenvalue weighted by Crippen LogP contribution is 2.29. The van der Waals surface area contributed by atoms with Crippen LogP contribution in [0.25, 0.3) is 0 Å². The lowest BCUT2D eigenvalue weighted by atomic mass is 10.1. The zero-order valence-electron chi connectivity index (χ0n) is 11.7. The molecule has 1 aromatic heterocycles. The molecule has 110 valence electrons. The maximum atomic E-state index is 13.2. The van der Waals surface area contributed by atoms with Gasteiger partial charge in [0.1, 0.15) is 16.4 Å². The smallest absolute Gasteiger partial charge is 0.340 e. The van der Waals surface area contributed by atoms with Crippen LogP contribution >= 0.6 is 11.5 Å². The Morgan fingerprint density at radius 2 is 2.00 bits per heavy atom. The van der Waals surface area contributed by atoms with E-state index in [1.165, 1.54) is 30.1 Å². The van der Waals surface area contributed by atoms with Crippen LogP contribution in [0.15, 0.2) is 18.2 Å². The monoisotopic (exact) mass is 308 g/mol. The normalized spacial score (nSPS) is 10.5. The Kier molecular flexibility index (Phi) is 4.04. The number of carbonyl (C=O) groups is 2. The molecule has 0 spiro atoms. The van der Waals surface area contributed by atoms with Crippen LogP contribution in [0.1, 0.15) is 32.0 Å². The molecule has 5 nitrogen and oxygen atoms in total. The number of rotatable bonds is 3. The molecule has 1 amide bonds. The van der Waals surface area contributed by atoms with Gasteiger partial charge in [-0.2, -0.15) is 4.37 Å². The predicted octanol–water partition coefficient (Wildman–Crippen LogP) is 2.87. The molecule has 7 heteroatoms. The minimum Gasteiger partial charge on any atom is -0.478 e. The average molecular weight is 308 g/mol. The molecule has 1 heterocycles. The van der Waals surface area contributed by atoms with Gasteiger partial charge in [0.25, 0.3) is 5.91 Å². The summed E-state index contributed by atoms with van der Waals surface area (Å²) in [5, 5.41) is 9.45. The Bertz CT molecular complexity index is 727. The third kappa shape index (κ3) is 2.78. The fraction of sp³-hybridized carbons (Fsp3) is 0.214. The van der Waals surface area contributed by atoms with E-state index in [9.17, 15) is 19.1 Å². The molecule has 2 aromatic rings. The van der Waals surface area contributed by atoms with E-state index < -0.39 is 17.7 Å². The Balaban J connectivity index is 2.40. The molecular formula is C14H13FN2O3S. The van der Waals surface area contributed by atoms with Crippen molar-refractivity contribution >= 4 is 28.4 Å². The van der Waals surface area contributed by atoms with Crippen LogP contribution in [-0.4, -0.2) is 28.4 Å². The SMILES string of the molecule is Cc1cc(C(=O)N(C)c2snc(C)c2C(=O)O)ccc1F. The maximum Gasteiger partial charge on any atom is 0.340 e. The second kappa shape index (κ2) is 5.61. The van der Waals surface area contributed by atoms with Gasteiger partial charge in [-0.15, -0.1) is 0 Å². The van der Waals surface area contributed by atoms with Crippen LogP contribution in [0.4, 0.5) is 9.39 Å². The van der Waals surface area contributed by atoms with Gasteiger partial charge >= 0.3 is 5.97 Å². The summed E-state index contributed by atoms with van der Waals surface area (Å²) in [6, 6.07) is 4.02. The number of aromatic nitrogens is 1. The summed E-state index contributed by atoms with van der Waals surface area (Å²) in [4.78, 5) is 24.9. The molecule has 1 aromatic carbocycles. The lowest BCUT2D eigenvalue weighted by Crippen LogP contribution is -2.27. The summed E-state index contributed by atoms with van der Waals surface area (Å²) in [7, 11) is 1.47. The zero-order chi connectivity index (χ0) is 15.7. The minimum absolute atomic E-state index is 0.00897. The van der Waals surface area contributed by atoms with Gasteiger partial charge in [0, 0.05) is 12.6 Å². The van der Waals surface area contributed by atoms with Gasteiger partial charge in [-0.05, 0) is 49.1 Å². The van der Waals surface area contributed by atoms with Crippen molar-refractivity contribution in [3.63, 3.8) is 0 Å². The minimum atomic E-state index is -1.13. The average Bonchev–Trinajstić information content (AvgIpc) is 2.82. The summed E-state index contributed by atoms with van der Waals surface area (Å²) in [6.45, 7) is 3.13. The van der Waals surface area contributed by atoms with E-state index in [2.05, 4.69) is 4.37 Å². The number of amides is 1. The lowest BCUT2D eigenvalue weighted by Gasteiger charge is -2.16.